The predicted molar refractivity (Wildman–Crippen MR) is 115 cm³/mol. The Bertz CT molecular complexity index is 997. The summed E-state index contributed by atoms with van der Waals surface area (Å²) in [5.74, 6) is 2.32. The maximum absolute atomic E-state index is 12.5. The summed E-state index contributed by atoms with van der Waals surface area (Å²) in [5.41, 5.74) is 3.74. The molecular formula is C21H24N4O3S. The first kappa shape index (κ1) is 19.6. The molecule has 4 rings (SSSR count). The van der Waals surface area contributed by atoms with Crippen molar-refractivity contribution in [2.24, 2.45) is 0 Å². The van der Waals surface area contributed by atoms with Crippen molar-refractivity contribution in [2.75, 3.05) is 48.5 Å². The minimum absolute atomic E-state index is 0.0182. The molecule has 1 aromatic carbocycles. The van der Waals surface area contributed by atoms with Gasteiger partial charge in [-0.25, -0.2) is 9.97 Å². The second-order valence-corrected chi connectivity index (χ2v) is 9.02. The zero-order valence-electron chi connectivity index (χ0n) is 16.6. The van der Waals surface area contributed by atoms with E-state index in [0.717, 1.165) is 30.1 Å². The zero-order chi connectivity index (χ0) is 20.5. The average molecular weight is 413 g/mol. The second-order valence-electron chi connectivity index (χ2n) is 7.32. The molecule has 2 aromatic rings. The summed E-state index contributed by atoms with van der Waals surface area (Å²) in [6.45, 7) is 7.47. The third kappa shape index (κ3) is 3.89. The van der Waals surface area contributed by atoms with Gasteiger partial charge in [-0.15, -0.1) is 0 Å². The van der Waals surface area contributed by atoms with Crippen LogP contribution in [0.15, 0.2) is 36.5 Å². The number of hydrogen-bond acceptors (Lipinski definition) is 7. The van der Waals surface area contributed by atoms with Crippen molar-refractivity contribution in [1.82, 2.24) is 9.97 Å². The molecule has 2 aliphatic rings. The van der Waals surface area contributed by atoms with Gasteiger partial charge in [0.1, 0.15) is 11.6 Å². The van der Waals surface area contributed by atoms with E-state index < -0.39 is 10.8 Å². The lowest BCUT2D eigenvalue weighted by molar-refractivity contribution is -0.116. The van der Waals surface area contributed by atoms with Crippen molar-refractivity contribution >= 4 is 28.1 Å². The molecule has 7 nitrogen and oxygen atoms in total. The second kappa shape index (κ2) is 7.94. The highest BCUT2D eigenvalue weighted by molar-refractivity contribution is 7.85. The van der Waals surface area contributed by atoms with Gasteiger partial charge >= 0.3 is 0 Å². The summed E-state index contributed by atoms with van der Waals surface area (Å²) in [5, 5.41) is 3.16. The first-order valence-electron chi connectivity index (χ1n) is 9.56. The van der Waals surface area contributed by atoms with Crippen LogP contribution in [0.3, 0.4) is 0 Å². The van der Waals surface area contributed by atoms with Crippen molar-refractivity contribution in [3.8, 4) is 17.0 Å². The third-order valence-corrected chi connectivity index (χ3v) is 6.58. The normalized spacial score (nSPS) is 18.8. The Kier molecular flexibility index (Phi) is 5.36. The Morgan fingerprint density at radius 1 is 1.31 bits per heavy atom. The monoisotopic (exact) mass is 412 g/mol. The van der Waals surface area contributed by atoms with E-state index in [9.17, 15) is 9.00 Å². The lowest BCUT2D eigenvalue weighted by Crippen LogP contribution is -2.37. The number of carbonyl (C=O) groups is 1. The van der Waals surface area contributed by atoms with Gasteiger partial charge in [0.15, 0.2) is 5.78 Å². The van der Waals surface area contributed by atoms with Gasteiger partial charge in [-0.3, -0.25) is 9.00 Å². The highest BCUT2D eigenvalue weighted by atomic mass is 32.2. The van der Waals surface area contributed by atoms with Gasteiger partial charge in [0.25, 0.3) is 0 Å². The zero-order valence-corrected chi connectivity index (χ0v) is 17.4. The number of Topliss-reactive ketones (excluding diaryl/α,β-unsaturated/α-hetero) is 1. The molecule has 1 fully saturated rings. The molecule has 1 aromatic heterocycles. The maximum Gasteiger partial charge on any atom is 0.168 e. The number of benzene rings is 1. The molecular weight excluding hydrogens is 388 g/mol. The van der Waals surface area contributed by atoms with Gasteiger partial charge in [-0.2, -0.15) is 0 Å². The molecule has 0 amide bonds. The molecule has 1 unspecified atom stereocenters. The van der Waals surface area contributed by atoms with E-state index in [4.69, 9.17) is 9.72 Å². The number of carbonyl (C=O) groups excluding carboxylic acids is 1. The molecule has 0 aliphatic carbocycles. The van der Waals surface area contributed by atoms with Crippen LogP contribution in [0.4, 0.5) is 11.5 Å². The minimum atomic E-state index is -0.737. The number of methoxy groups -OCH3 is 1. The van der Waals surface area contributed by atoms with Crippen molar-refractivity contribution < 1.29 is 13.7 Å². The molecule has 3 heterocycles. The average Bonchev–Trinajstić information content (AvgIpc) is 3.16. The number of nitrogens with one attached hydrogen (secondary N) is 1. The molecule has 1 saturated heterocycles. The molecule has 0 spiro atoms. The fourth-order valence-electron chi connectivity index (χ4n) is 3.66. The first-order chi connectivity index (χ1) is 14.0. The van der Waals surface area contributed by atoms with Gasteiger partial charge in [-0.1, -0.05) is 6.58 Å². The number of ketones is 1. The van der Waals surface area contributed by atoms with Gasteiger partial charge in [0.05, 0.1) is 30.6 Å². The van der Waals surface area contributed by atoms with Crippen LogP contribution in [-0.2, 0) is 15.6 Å². The molecule has 1 N–H and O–H groups in total. The first-order valence-corrected chi connectivity index (χ1v) is 11.0. The predicted octanol–water partition coefficient (Wildman–Crippen LogP) is 2.38. The number of fused-ring (bicyclic) bond motifs is 1. The standard InChI is InChI=1S/C21H24N4O3S/c1-13(2)20(26)17-11-22-21-19(17)24-18(12-23-21)14-8-15(10-16(9-14)28-3)25-4-6-29(27)7-5-25/h8-10,12,17H,1,4-7,11H2,2-3H3,(H,22,23). The summed E-state index contributed by atoms with van der Waals surface area (Å²) in [6, 6.07) is 5.94. The Balaban J connectivity index is 1.71. The molecule has 2 aliphatic heterocycles. The Hall–Kier alpha value is -2.74. The SMILES string of the molecule is C=C(C)C(=O)C1CNc2ncc(-c3cc(OC)cc(N4CCS(=O)CC4)c3)nc21. The van der Waals surface area contributed by atoms with E-state index in [0.29, 0.717) is 40.8 Å². The number of hydrogen-bond donors (Lipinski definition) is 1. The molecule has 8 heteroatoms. The van der Waals surface area contributed by atoms with Crippen LogP contribution < -0.4 is 15.0 Å². The van der Waals surface area contributed by atoms with E-state index >= 15 is 0 Å². The van der Waals surface area contributed by atoms with Crippen molar-refractivity contribution in [3.63, 3.8) is 0 Å². The van der Waals surface area contributed by atoms with E-state index in [1.54, 1.807) is 20.2 Å². The smallest absolute Gasteiger partial charge is 0.168 e. The molecule has 29 heavy (non-hydrogen) atoms. The van der Waals surface area contributed by atoms with Crippen LogP contribution in [-0.4, -0.2) is 58.2 Å². The fourth-order valence-corrected chi connectivity index (χ4v) is 4.71. The Labute approximate surface area is 172 Å². The maximum atomic E-state index is 12.5. The Morgan fingerprint density at radius 2 is 2.07 bits per heavy atom. The molecule has 152 valence electrons. The highest BCUT2D eigenvalue weighted by Crippen LogP contribution is 2.34. The van der Waals surface area contributed by atoms with Crippen molar-refractivity contribution in [1.29, 1.82) is 0 Å². The number of nitrogens with zero attached hydrogens (tertiary/aromatic N) is 3. The van der Waals surface area contributed by atoms with Crippen LogP contribution in [0, 0.1) is 0 Å². The summed E-state index contributed by atoms with van der Waals surface area (Å²) in [6.07, 6.45) is 1.71. The van der Waals surface area contributed by atoms with Gasteiger partial charge < -0.3 is 15.0 Å². The largest absolute Gasteiger partial charge is 0.497 e. The van der Waals surface area contributed by atoms with Crippen molar-refractivity contribution in [3.05, 3.63) is 42.2 Å². The summed E-state index contributed by atoms with van der Waals surface area (Å²) >= 11 is 0. The van der Waals surface area contributed by atoms with Crippen LogP contribution in [0.2, 0.25) is 0 Å². The van der Waals surface area contributed by atoms with Crippen LogP contribution >= 0.6 is 0 Å². The number of aromatic nitrogens is 2. The quantitative estimate of drug-likeness (QED) is 0.755. The third-order valence-electron chi connectivity index (χ3n) is 5.31. The van der Waals surface area contributed by atoms with E-state index in [-0.39, 0.29) is 11.7 Å². The molecule has 0 radical (unpaired) electrons. The number of allylic oxidation sites excluding steroid dienone is 1. The topological polar surface area (TPSA) is 84.4 Å². The van der Waals surface area contributed by atoms with Gasteiger partial charge in [0.2, 0.25) is 0 Å². The number of rotatable bonds is 5. The van der Waals surface area contributed by atoms with E-state index in [2.05, 4.69) is 21.8 Å². The summed E-state index contributed by atoms with van der Waals surface area (Å²) in [7, 11) is 0.896. The Morgan fingerprint density at radius 3 is 2.76 bits per heavy atom. The summed E-state index contributed by atoms with van der Waals surface area (Å²) in [4.78, 5) is 24.0. The van der Waals surface area contributed by atoms with Gasteiger partial charge in [0, 0.05) is 59.3 Å². The van der Waals surface area contributed by atoms with Gasteiger partial charge in [-0.05, 0) is 24.6 Å². The van der Waals surface area contributed by atoms with Crippen LogP contribution in [0.5, 0.6) is 5.75 Å². The summed E-state index contributed by atoms with van der Waals surface area (Å²) < 4.78 is 17.2. The van der Waals surface area contributed by atoms with E-state index in [1.807, 2.05) is 18.2 Å². The highest BCUT2D eigenvalue weighted by Gasteiger charge is 2.31. The van der Waals surface area contributed by atoms with Crippen molar-refractivity contribution in [2.45, 2.75) is 12.8 Å². The van der Waals surface area contributed by atoms with Crippen LogP contribution in [0.25, 0.3) is 11.3 Å². The molecule has 1 atom stereocenters. The van der Waals surface area contributed by atoms with E-state index in [1.165, 1.54) is 0 Å². The fraction of sp³-hybridized carbons (Fsp3) is 0.381. The molecule has 0 saturated carbocycles. The number of ether oxygens (including phenoxy) is 1. The number of anilines is 2. The minimum Gasteiger partial charge on any atom is -0.497 e. The lowest BCUT2D eigenvalue weighted by atomic mass is 9.98. The van der Waals surface area contributed by atoms with Crippen LogP contribution in [0.1, 0.15) is 18.5 Å². The lowest BCUT2D eigenvalue weighted by Gasteiger charge is -2.29. The molecule has 0 bridgehead atoms.